The third-order valence-corrected chi connectivity index (χ3v) is 5.98. The molecule has 2 N–H and O–H groups in total. The Bertz CT molecular complexity index is 729. The molecule has 0 aliphatic rings. The van der Waals surface area contributed by atoms with Crippen LogP contribution in [0.5, 0.6) is 0 Å². The second kappa shape index (κ2) is 8.58. The largest absolute Gasteiger partial charge is 0.356 e. The number of thiophene rings is 1. The Kier molecular flexibility index (Phi) is 6.76. The molecule has 0 spiro atoms. The van der Waals surface area contributed by atoms with E-state index in [1.807, 2.05) is 17.5 Å². The van der Waals surface area contributed by atoms with Crippen molar-refractivity contribution in [2.24, 2.45) is 0 Å². The van der Waals surface area contributed by atoms with Gasteiger partial charge in [0.1, 0.15) is 0 Å². The molecular weight excluding hydrogens is 400 g/mol. The minimum atomic E-state index is -3.58. The molecule has 0 aliphatic carbocycles. The summed E-state index contributed by atoms with van der Waals surface area (Å²) in [6.45, 7) is 0.627. The summed E-state index contributed by atoms with van der Waals surface area (Å²) >= 11 is 4.90. The van der Waals surface area contributed by atoms with Crippen molar-refractivity contribution in [1.29, 1.82) is 0 Å². The molecule has 8 heteroatoms. The lowest BCUT2D eigenvalue weighted by molar-refractivity contribution is -0.120. The molecular formula is C15H17BrN2O3S2. The van der Waals surface area contributed by atoms with Crippen LogP contribution in [0, 0.1) is 0 Å². The fourth-order valence-electron chi connectivity index (χ4n) is 1.86. The summed E-state index contributed by atoms with van der Waals surface area (Å²) in [7, 11) is -3.58. The number of halogens is 1. The van der Waals surface area contributed by atoms with E-state index in [-0.39, 0.29) is 23.8 Å². The maximum Gasteiger partial charge on any atom is 0.240 e. The smallest absolute Gasteiger partial charge is 0.240 e. The average Bonchev–Trinajstić information content (AvgIpc) is 3.01. The van der Waals surface area contributed by atoms with E-state index in [9.17, 15) is 13.2 Å². The molecule has 5 nitrogen and oxygen atoms in total. The summed E-state index contributed by atoms with van der Waals surface area (Å²) in [6.07, 6.45) is 0.897. The first kappa shape index (κ1) is 18.1. The highest BCUT2D eigenvalue weighted by Crippen LogP contribution is 2.14. The minimum Gasteiger partial charge on any atom is -0.356 e. The molecule has 0 bridgehead atoms. The van der Waals surface area contributed by atoms with Gasteiger partial charge < -0.3 is 5.32 Å². The number of nitrogens with one attached hydrogen (secondary N) is 2. The molecule has 2 aromatic rings. The van der Waals surface area contributed by atoms with Gasteiger partial charge in [0.05, 0.1) is 4.90 Å². The third kappa shape index (κ3) is 6.06. The Balaban J connectivity index is 1.71. The van der Waals surface area contributed by atoms with Crippen LogP contribution < -0.4 is 10.0 Å². The molecule has 0 saturated heterocycles. The Morgan fingerprint density at radius 2 is 1.87 bits per heavy atom. The van der Waals surface area contributed by atoms with E-state index in [2.05, 4.69) is 26.0 Å². The number of benzene rings is 1. The SMILES string of the molecule is O=C(CCNS(=O)(=O)c1ccc(Br)cc1)NCCc1cccs1. The van der Waals surface area contributed by atoms with E-state index in [0.29, 0.717) is 6.54 Å². The quantitative estimate of drug-likeness (QED) is 0.693. The predicted octanol–water partition coefficient (Wildman–Crippen LogP) is 2.54. The van der Waals surface area contributed by atoms with Crippen molar-refractivity contribution < 1.29 is 13.2 Å². The maximum absolute atomic E-state index is 12.0. The van der Waals surface area contributed by atoms with Gasteiger partial charge in [0.15, 0.2) is 0 Å². The van der Waals surface area contributed by atoms with Crippen LogP contribution in [0.15, 0.2) is 51.1 Å². The lowest BCUT2D eigenvalue weighted by atomic mass is 10.3. The van der Waals surface area contributed by atoms with E-state index in [4.69, 9.17) is 0 Å². The van der Waals surface area contributed by atoms with Crippen molar-refractivity contribution in [1.82, 2.24) is 10.0 Å². The minimum absolute atomic E-state index is 0.0727. The van der Waals surface area contributed by atoms with Crippen LogP contribution in [0.1, 0.15) is 11.3 Å². The summed E-state index contributed by atoms with van der Waals surface area (Å²) in [4.78, 5) is 13.1. The summed E-state index contributed by atoms with van der Waals surface area (Å²) in [5, 5.41) is 4.78. The van der Waals surface area contributed by atoms with Gasteiger partial charge in [0.2, 0.25) is 15.9 Å². The first-order valence-corrected chi connectivity index (χ1v) is 10.2. The van der Waals surface area contributed by atoms with Gasteiger partial charge in [0.25, 0.3) is 0 Å². The van der Waals surface area contributed by atoms with Crippen molar-refractivity contribution >= 4 is 43.2 Å². The second-order valence-electron chi connectivity index (χ2n) is 4.78. The average molecular weight is 417 g/mol. The molecule has 0 saturated carbocycles. The van der Waals surface area contributed by atoms with Gasteiger partial charge in [-0.15, -0.1) is 11.3 Å². The van der Waals surface area contributed by atoms with Gasteiger partial charge in [-0.05, 0) is 42.1 Å². The van der Waals surface area contributed by atoms with Gasteiger partial charge in [-0.25, -0.2) is 13.1 Å². The molecule has 0 fully saturated rings. The van der Waals surface area contributed by atoms with Gasteiger partial charge in [0, 0.05) is 28.9 Å². The molecule has 0 aliphatic heterocycles. The Morgan fingerprint density at radius 1 is 1.13 bits per heavy atom. The molecule has 1 aromatic carbocycles. The zero-order valence-corrected chi connectivity index (χ0v) is 15.5. The fraction of sp³-hybridized carbons (Fsp3) is 0.267. The van der Waals surface area contributed by atoms with Crippen LogP contribution in [0.2, 0.25) is 0 Å². The van der Waals surface area contributed by atoms with Crippen molar-refractivity contribution in [2.75, 3.05) is 13.1 Å². The van der Waals surface area contributed by atoms with E-state index >= 15 is 0 Å². The lowest BCUT2D eigenvalue weighted by Gasteiger charge is -2.07. The highest BCUT2D eigenvalue weighted by Gasteiger charge is 2.13. The van der Waals surface area contributed by atoms with Crippen LogP contribution in [0.25, 0.3) is 0 Å². The van der Waals surface area contributed by atoms with Gasteiger partial charge in [-0.1, -0.05) is 22.0 Å². The topological polar surface area (TPSA) is 75.3 Å². The van der Waals surface area contributed by atoms with E-state index < -0.39 is 10.0 Å². The number of rotatable bonds is 8. The van der Waals surface area contributed by atoms with Crippen LogP contribution in [0.4, 0.5) is 0 Å². The monoisotopic (exact) mass is 416 g/mol. The van der Waals surface area contributed by atoms with Crippen LogP contribution in [-0.2, 0) is 21.2 Å². The van der Waals surface area contributed by atoms with Crippen molar-refractivity contribution in [3.8, 4) is 0 Å². The third-order valence-electron chi connectivity index (χ3n) is 3.04. The number of carbonyl (C=O) groups excluding carboxylic acids is 1. The number of amides is 1. The molecule has 0 atom stereocenters. The summed E-state index contributed by atoms with van der Waals surface area (Å²) < 4.78 is 27.3. The number of hydrogen-bond donors (Lipinski definition) is 2. The number of hydrogen-bond acceptors (Lipinski definition) is 4. The highest BCUT2D eigenvalue weighted by molar-refractivity contribution is 9.10. The summed E-state index contributed by atoms with van der Waals surface area (Å²) in [5.74, 6) is -0.167. The summed E-state index contributed by atoms with van der Waals surface area (Å²) in [5.41, 5.74) is 0. The molecule has 0 radical (unpaired) electrons. The van der Waals surface area contributed by atoms with E-state index in [1.165, 1.54) is 17.0 Å². The normalized spacial score (nSPS) is 11.3. The second-order valence-corrected chi connectivity index (χ2v) is 8.50. The standard InChI is InChI=1S/C15H17BrN2O3S2/c16-12-3-5-14(6-4-12)23(20,21)18-10-8-15(19)17-9-7-13-2-1-11-22-13/h1-6,11,18H,7-10H2,(H,17,19). The van der Waals surface area contributed by atoms with Gasteiger partial charge in [-0.3, -0.25) is 4.79 Å². The molecule has 0 unspecified atom stereocenters. The fourth-order valence-corrected chi connectivity index (χ4v) is 3.87. The van der Waals surface area contributed by atoms with Gasteiger partial charge >= 0.3 is 0 Å². The van der Waals surface area contributed by atoms with Gasteiger partial charge in [-0.2, -0.15) is 0 Å². The molecule has 1 amide bonds. The molecule has 1 heterocycles. The zero-order chi connectivity index (χ0) is 16.7. The number of carbonyl (C=O) groups is 1. The predicted molar refractivity (Wildman–Crippen MR) is 95.0 cm³/mol. The Morgan fingerprint density at radius 3 is 2.52 bits per heavy atom. The van der Waals surface area contributed by atoms with Crippen LogP contribution in [0.3, 0.4) is 0 Å². The summed E-state index contributed by atoms with van der Waals surface area (Å²) in [6, 6.07) is 10.3. The molecule has 2 rings (SSSR count). The Hall–Kier alpha value is -1.22. The first-order valence-electron chi connectivity index (χ1n) is 7.02. The lowest BCUT2D eigenvalue weighted by Crippen LogP contribution is -2.31. The molecule has 1 aromatic heterocycles. The highest BCUT2D eigenvalue weighted by atomic mass is 79.9. The van der Waals surface area contributed by atoms with Crippen molar-refractivity contribution in [2.45, 2.75) is 17.7 Å². The zero-order valence-electron chi connectivity index (χ0n) is 12.3. The van der Waals surface area contributed by atoms with E-state index in [1.54, 1.807) is 23.5 Å². The molecule has 23 heavy (non-hydrogen) atoms. The van der Waals surface area contributed by atoms with Crippen molar-refractivity contribution in [3.63, 3.8) is 0 Å². The Labute approximate surface area is 148 Å². The maximum atomic E-state index is 12.0. The first-order chi connectivity index (χ1) is 11.0. The van der Waals surface area contributed by atoms with Crippen molar-refractivity contribution in [3.05, 3.63) is 51.1 Å². The van der Waals surface area contributed by atoms with Crippen LogP contribution >= 0.6 is 27.3 Å². The number of sulfonamides is 1. The van der Waals surface area contributed by atoms with E-state index in [0.717, 1.165) is 10.9 Å². The molecule has 124 valence electrons. The van der Waals surface area contributed by atoms with Crippen LogP contribution in [-0.4, -0.2) is 27.4 Å².